The highest BCUT2D eigenvalue weighted by Gasteiger charge is 2.38. The first-order valence-electron chi connectivity index (χ1n) is 20.1. The minimum absolute atomic E-state index is 0.0700. The molecule has 0 bridgehead atoms. The van der Waals surface area contributed by atoms with Gasteiger partial charge in [-0.25, -0.2) is 23.5 Å². The number of rotatable bonds is 9. The Bertz CT molecular complexity index is 2790. The van der Waals surface area contributed by atoms with E-state index in [0.29, 0.717) is 60.4 Å². The average molecular weight is 863 g/mol. The minimum atomic E-state index is -1.31. The quantitative estimate of drug-likeness (QED) is 0.185. The zero-order valence-corrected chi connectivity index (χ0v) is 35.3. The van der Waals surface area contributed by atoms with Gasteiger partial charge in [-0.3, -0.25) is 33.1 Å². The van der Waals surface area contributed by atoms with Gasteiger partial charge in [0.2, 0.25) is 11.8 Å². The second kappa shape index (κ2) is 18.9. The molecule has 15 nitrogen and oxygen atoms in total. The first-order valence-corrected chi connectivity index (χ1v) is 20.1. The highest BCUT2D eigenvalue weighted by molar-refractivity contribution is 5.97. The first-order chi connectivity index (χ1) is 29.8. The maximum Gasteiger partial charge on any atom is 0.341 e. The number of benzene rings is 2. The molecule has 6 heterocycles. The Labute approximate surface area is 360 Å². The van der Waals surface area contributed by atoms with Crippen LogP contribution in [0, 0.1) is 22.5 Å². The summed E-state index contributed by atoms with van der Waals surface area (Å²) in [5.41, 5.74) is 6.05. The van der Waals surface area contributed by atoms with E-state index in [-0.39, 0.29) is 65.0 Å². The van der Waals surface area contributed by atoms with Crippen molar-refractivity contribution in [2.24, 2.45) is 16.6 Å². The molecule has 4 aromatic heterocycles. The zero-order chi connectivity index (χ0) is 45.6. The van der Waals surface area contributed by atoms with Crippen molar-refractivity contribution >= 4 is 45.8 Å². The zero-order valence-electron chi connectivity index (χ0n) is 35.3. The molecule has 328 valence electrons. The molecule has 63 heavy (non-hydrogen) atoms. The number of aromatic carboxylic acids is 1. The summed E-state index contributed by atoms with van der Waals surface area (Å²) in [4.78, 5) is 86.3. The number of fused-ring (bicyclic) bond motifs is 2. The second-order valence-electron chi connectivity index (χ2n) is 17.0. The van der Waals surface area contributed by atoms with Crippen LogP contribution >= 0.6 is 0 Å². The molecule has 0 atom stereocenters. The molecule has 2 aliphatic rings. The van der Waals surface area contributed by atoms with Crippen LogP contribution in [0.1, 0.15) is 59.5 Å². The highest BCUT2D eigenvalue weighted by atomic mass is 19.1. The van der Waals surface area contributed by atoms with Gasteiger partial charge in [0.05, 0.1) is 0 Å². The number of pyridine rings is 4. The number of amides is 3. The van der Waals surface area contributed by atoms with E-state index >= 15 is 0 Å². The summed E-state index contributed by atoms with van der Waals surface area (Å²) in [6.07, 6.45) is 3.06. The monoisotopic (exact) mass is 862 g/mol. The molecule has 2 fully saturated rings. The third kappa shape index (κ3) is 11.0. The molecule has 2 aromatic carbocycles. The number of hydrogen-bond donors (Lipinski definition) is 3. The van der Waals surface area contributed by atoms with E-state index in [9.17, 15) is 42.7 Å². The van der Waals surface area contributed by atoms with E-state index in [1.165, 1.54) is 47.2 Å². The lowest BCUT2D eigenvalue weighted by Crippen LogP contribution is -2.56. The summed E-state index contributed by atoms with van der Waals surface area (Å²) in [7, 11) is 0. The Kier molecular flexibility index (Phi) is 13.6. The number of hydrogen-bond acceptors (Lipinski definition) is 9. The topological polar surface area (TPSA) is 203 Å². The molecular formula is C46H48F2N8O7. The van der Waals surface area contributed by atoms with Crippen molar-refractivity contribution < 1.29 is 33.1 Å². The molecule has 17 heteroatoms. The van der Waals surface area contributed by atoms with Crippen LogP contribution in [0.5, 0.6) is 0 Å². The lowest BCUT2D eigenvalue weighted by molar-refractivity contribution is -0.142. The number of carboxylic acids is 1. The van der Waals surface area contributed by atoms with Crippen LogP contribution in [-0.2, 0) is 35.8 Å². The second-order valence-corrected chi connectivity index (χ2v) is 17.0. The van der Waals surface area contributed by atoms with E-state index in [4.69, 9.17) is 5.73 Å². The highest BCUT2D eigenvalue weighted by Crippen LogP contribution is 2.30. The Morgan fingerprint density at radius 2 is 1.08 bits per heavy atom. The third-order valence-electron chi connectivity index (χ3n) is 10.5. The number of halogens is 2. The van der Waals surface area contributed by atoms with Gasteiger partial charge in [0.25, 0.3) is 17.0 Å². The van der Waals surface area contributed by atoms with Crippen molar-refractivity contribution in [3.8, 4) is 0 Å². The molecule has 0 aliphatic carbocycles. The minimum Gasteiger partial charge on any atom is -0.477 e. The van der Waals surface area contributed by atoms with Crippen molar-refractivity contribution in [3.63, 3.8) is 0 Å². The Morgan fingerprint density at radius 1 is 0.667 bits per heavy atom. The molecule has 8 rings (SSSR count). The fourth-order valence-electron chi connectivity index (χ4n) is 7.32. The molecule has 3 amide bonds. The van der Waals surface area contributed by atoms with Crippen molar-refractivity contribution in [3.05, 3.63) is 152 Å². The van der Waals surface area contributed by atoms with Crippen LogP contribution in [0.3, 0.4) is 0 Å². The lowest BCUT2D eigenvalue weighted by Gasteiger charge is -2.45. The molecule has 4 N–H and O–H groups in total. The van der Waals surface area contributed by atoms with E-state index in [1.54, 1.807) is 64.5 Å². The fourth-order valence-corrected chi connectivity index (χ4v) is 7.32. The Morgan fingerprint density at radius 3 is 1.49 bits per heavy atom. The van der Waals surface area contributed by atoms with Crippen LogP contribution in [-0.4, -0.2) is 83.9 Å². The van der Waals surface area contributed by atoms with Crippen LogP contribution in [0.15, 0.2) is 107 Å². The number of carbonyl (C=O) groups excluding carboxylic acids is 3. The Balaban J connectivity index is 0.000000180. The van der Waals surface area contributed by atoms with Crippen LogP contribution in [0.2, 0.25) is 0 Å². The van der Waals surface area contributed by atoms with Gasteiger partial charge >= 0.3 is 5.97 Å². The maximum atomic E-state index is 13.1. The predicted octanol–water partition coefficient (Wildman–Crippen LogP) is 4.58. The van der Waals surface area contributed by atoms with Crippen LogP contribution < -0.4 is 22.2 Å². The van der Waals surface area contributed by atoms with Crippen molar-refractivity contribution in [1.82, 2.24) is 34.2 Å². The fraction of sp³-hybridized carbons (Fsp3) is 0.304. The van der Waals surface area contributed by atoms with E-state index in [1.807, 2.05) is 0 Å². The summed E-state index contributed by atoms with van der Waals surface area (Å²) in [6.45, 7) is 11.0. The van der Waals surface area contributed by atoms with Crippen molar-refractivity contribution in [2.75, 3.05) is 26.2 Å². The number of carboxylic acid groups (broad SMARTS) is 1. The van der Waals surface area contributed by atoms with Gasteiger partial charge in [0.15, 0.2) is 0 Å². The molecule has 0 unspecified atom stereocenters. The largest absolute Gasteiger partial charge is 0.477 e. The lowest BCUT2D eigenvalue weighted by atomic mass is 9.84. The van der Waals surface area contributed by atoms with E-state index in [2.05, 4.69) is 43.0 Å². The average Bonchev–Trinajstić information content (AvgIpc) is 3.23. The molecule has 0 radical (unpaired) electrons. The van der Waals surface area contributed by atoms with Gasteiger partial charge in [-0.1, -0.05) is 52.0 Å². The molecule has 6 aromatic rings. The summed E-state index contributed by atoms with van der Waals surface area (Å²) in [6, 6.07) is 21.4. The van der Waals surface area contributed by atoms with E-state index < -0.39 is 23.0 Å². The van der Waals surface area contributed by atoms with Gasteiger partial charge in [-0.2, -0.15) is 0 Å². The normalized spacial score (nSPS) is 14.6. The SMILES string of the molecule is CC1(C)CN(C(=O)Cn2c(=O)c(C(=O)NCc3ccc(F)cc3)cc3cccnc32)C1.CC1(C)CN(C(=O)Cn2c(=O)c(C(=O)O)cc3cccnc32)C1.NCc1ccc(F)cc1. The van der Waals surface area contributed by atoms with Gasteiger partial charge in [0, 0.05) is 62.4 Å². The number of likely N-dealkylation sites (tertiary alicyclic amines) is 2. The van der Waals surface area contributed by atoms with E-state index in [0.717, 1.165) is 10.1 Å². The first kappa shape index (κ1) is 45.4. The third-order valence-corrected chi connectivity index (χ3v) is 10.5. The number of carbonyl (C=O) groups is 4. The molecule has 0 spiro atoms. The maximum absolute atomic E-state index is 13.1. The number of nitrogens with one attached hydrogen (secondary N) is 1. The smallest absolute Gasteiger partial charge is 0.341 e. The van der Waals surface area contributed by atoms with Crippen LogP contribution in [0.25, 0.3) is 22.1 Å². The molecular weight excluding hydrogens is 815 g/mol. The summed E-state index contributed by atoms with van der Waals surface area (Å²) in [5, 5.41) is 13.0. The Hall–Kier alpha value is -7.14. The molecule has 2 aliphatic heterocycles. The number of nitrogens with zero attached hydrogens (tertiary/aromatic N) is 6. The van der Waals surface area contributed by atoms with Gasteiger partial charge < -0.3 is 26.0 Å². The van der Waals surface area contributed by atoms with Crippen molar-refractivity contribution in [2.45, 2.75) is 53.9 Å². The number of nitrogens with two attached hydrogens (primary N) is 1. The van der Waals surface area contributed by atoms with Gasteiger partial charge in [-0.15, -0.1) is 0 Å². The standard InChI is InChI=1S/C23H23FN4O3.C16H17N3O4.C7H8FN/c1-23(2)13-27(14-23)19(29)12-28-20-16(4-3-9-25-20)10-18(22(28)31)21(30)26-11-15-5-7-17(24)8-6-15;1-16(2)8-18(9-16)12(20)7-19-13-10(4-3-5-17-13)6-11(14(19)21)15(22)23;8-7-3-1-6(5-9)2-4-7/h3-10H,11-14H2,1-2H3,(H,26,30);3-6H,7-9H2,1-2H3,(H,22,23);1-4H,5,9H2. The summed E-state index contributed by atoms with van der Waals surface area (Å²) < 4.78 is 27.6. The van der Waals surface area contributed by atoms with Gasteiger partial charge in [-0.05, 0) is 82.6 Å². The predicted molar refractivity (Wildman–Crippen MR) is 232 cm³/mol. The van der Waals surface area contributed by atoms with Crippen LogP contribution in [0.4, 0.5) is 8.78 Å². The molecule has 2 saturated heterocycles. The van der Waals surface area contributed by atoms with Gasteiger partial charge in [0.1, 0.15) is 47.1 Å². The van der Waals surface area contributed by atoms with Crippen molar-refractivity contribution in [1.29, 1.82) is 0 Å². The molecule has 0 saturated carbocycles. The number of aromatic nitrogens is 4. The summed E-state index contributed by atoms with van der Waals surface area (Å²) in [5.74, 6) is -2.85. The summed E-state index contributed by atoms with van der Waals surface area (Å²) >= 11 is 0.